The van der Waals surface area contributed by atoms with Crippen molar-refractivity contribution in [3.05, 3.63) is 0 Å². The molecule has 114 valence electrons. The van der Waals surface area contributed by atoms with Crippen LogP contribution in [-0.2, 0) is 4.74 Å². The van der Waals surface area contributed by atoms with Crippen LogP contribution in [0.1, 0.15) is 0 Å². The average molecular weight is 514 g/mol. The predicted octanol–water partition coefficient (Wildman–Crippen LogP) is 6.97. The predicted molar refractivity (Wildman–Crippen MR) is 87.7 cm³/mol. The molecule has 1 fully saturated rings. The van der Waals surface area contributed by atoms with Crippen molar-refractivity contribution in [2.75, 3.05) is 0 Å². The first kappa shape index (κ1) is 20.5. The summed E-state index contributed by atoms with van der Waals surface area (Å²) >= 11 is 70.7. The molecule has 1 aliphatic rings. The van der Waals surface area contributed by atoms with Crippen LogP contribution in [0.2, 0.25) is 0 Å². The van der Waals surface area contributed by atoms with Crippen molar-refractivity contribution in [3.63, 3.8) is 0 Å². The van der Waals surface area contributed by atoms with Crippen LogP contribution >= 0.6 is 139 Å². The Balaban J connectivity index is 3.70. The SMILES string of the molecule is ClC1(Cl)OC(Cl)(Cl)C(Cl)(Cl)C(Cl)(Cl)C(Cl)(Cl)C1(Cl)Cl. The lowest BCUT2D eigenvalue weighted by atomic mass is 10.1. The van der Waals surface area contributed by atoms with Crippen LogP contribution in [0.4, 0.5) is 0 Å². The number of ether oxygens (including phenoxy) is 1. The van der Waals surface area contributed by atoms with Crippen molar-refractivity contribution in [2.45, 2.75) is 26.4 Å². The molecule has 0 spiro atoms. The lowest BCUT2D eigenvalue weighted by molar-refractivity contribution is 0.0234. The van der Waals surface area contributed by atoms with Gasteiger partial charge >= 0.3 is 0 Å². The van der Waals surface area contributed by atoms with Gasteiger partial charge in [0, 0.05) is 0 Å². The number of halogens is 12. The normalized spacial score (nSPS) is 33.5. The lowest BCUT2D eigenvalue weighted by Gasteiger charge is -2.44. The molecule has 1 rings (SSSR count). The van der Waals surface area contributed by atoms with E-state index in [1.54, 1.807) is 0 Å². The van der Waals surface area contributed by atoms with E-state index in [0.29, 0.717) is 0 Å². The molecule has 0 aromatic carbocycles. The van der Waals surface area contributed by atoms with Crippen LogP contribution in [0.25, 0.3) is 0 Å². The summed E-state index contributed by atoms with van der Waals surface area (Å²) in [4.78, 5) is 0. The van der Waals surface area contributed by atoms with Crippen LogP contribution in [-0.4, -0.2) is 26.4 Å². The molecule has 1 heterocycles. The van der Waals surface area contributed by atoms with Crippen molar-refractivity contribution in [1.82, 2.24) is 0 Å². The largest absolute Gasteiger partial charge is 0.304 e. The molecule has 0 amide bonds. The van der Waals surface area contributed by atoms with Gasteiger partial charge in [-0.15, -0.1) is 0 Å². The molecule has 1 nitrogen and oxygen atoms in total. The maximum Gasteiger partial charge on any atom is 0.256 e. The Bertz CT molecular complexity index is 348. The average Bonchev–Trinajstić information content (AvgIpc) is 2.14. The van der Waals surface area contributed by atoms with E-state index in [-0.39, 0.29) is 0 Å². The first-order chi connectivity index (χ1) is 7.96. The van der Waals surface area contributed by atoms with Crippen LogP contribution in [0.3, 0.4) is 0 Å². The van der Waals surface area contributed by atoms with Gasteiger partial charge < -0.3 is 4.74 Å². The maximum atomic E-state index is 5.96. The summed E-state index contributed by atoms with van der Waals surface area (Å²) in [6.07, 6.45) is 0. The Morgan fingerprint density at radius 2 is 0.579 bits per heavy atom. The zero-order valence-electron chi connectivity index (χ0n) is 7.94. The summed E-state index contributed by atoms with van der Waals surface area (Å²) in [6.45, 7) is 0. The Hall–Kier alpha value is 3.44. The second-order valence-corrected chi connectivity index (χ2v) is 11.3. The fraction of sp³-hybridized carbons (Fsp3) is 1.00. The third-order valence-electron chi connectivity index (χ3n) is 2.17. The molecule has 0 unspecified atom stereocenters. The van der Waals surface area contributed by atoms with Gasteiger partial charge in [-0.2, -0.15) is 0 Å². The Morgan fingerprint density at radius 3 is 0.789 bits per heavy atom. The highest BCUT2D eigenvalue weighted by molar-refractivity contribution is 6.78. The quantitative estimate of drug-likeness (QED) is 0.318. The van der Waals surface area contributed by atoms with Gasteiger partial charge in [0.15, 0.2) is 8.67 Å². The molecule has 1 aliphatic heterocycles. The molecule has 1 saturated heterocycles. The van der Waals surface area contributed by atoms with Crippen LogP contribution in [0.15, 0.2) is 0 Å². The standard InChI is InChI=1S/C6Cl12O/c7-1(8)2(9,10)4(13,14)6(17,18)19-5(15,16)3(1,11)12. The number of hydrogen-bond acceptors (Lipinski definition) is 1. The zero-order chi connectivity index (χ0) is 15.7. The van der Waals surface area contributed by atoms with Gasteiger partial charge in [-0.25, -0.2) is 0 Å². The van der Waals surface area contributed by atoms with E-state index in [1.165, 1.54) is 0 Å². The second-order valence-electron chi connectivity index (χ2n) is 3.43. The Labute approximate surface area is 168 Å². The van der Waals surface area contributed by atoms with Crippen LogP contribution in [0, 0.1) is 0 Å². The number of rotatable bonds is 0. The molecular weight excluding hydrogens is 514 g/mol. The minimum atomic E-state index is -2.55. The highest BCUT2D eigenvalue weighted by Crippen LogP contribution is 2.72. The summed E-state index contributed by atoms with van der Waals surface area (Å²) < 4.78 is -10.3. The molecule has 13 heteroatoms. The first-order valence-electron chi connectivity index (χ1n) is 3.93. The third-order valence-corrected chi connectivity index (χ3v) is 10.0. The summed E-state index contributed by atoms with van der Waals surface area (Å²) in [5.41, 5.74) is 0. The first-order valence-corrected chi connectivity index (χ1v) is 8.46. The highest BCUT2D eigenvalue weighted by Gasteiger charge is 2.82. The van der Waals surface area contributed by atoms with Crippen molar-refractivity contribution in [2.24, 2.45) is 0 Å². The smallest absolute Gasteiger partial charge is 0.256 e. The monoisotopic (exact) mass is 508 g/mol. The van der Waals surface area contributed by atoms with E-state index < -0.39 is 26.4 Å². The molecule has 0 saturated carbocycles. The van der Waals surface area contributed by atoms with Crippen LogP contribution < -0.4 is 0 Å². The lowest BCUT2D eigenvalue weighted by Crippen LogP contribution is -2.61. The molecule has 0 radical (unpaired) electrons. The van der Waals surface area contributed by atoms with Crippen molar-refractivity contribution in [3.8, 4) is 0 Å². The van der Waals surface area contributed by atoms with E-state index in [1.807, 2.05) is 0 Å². The van der Waals surface area contributed by atoms with Gasteiger partial charge in [0.05, 0.1) is 0 Å². The van der Waals surface area contributed by atoms with Crippen molar-refractivity contribution in [1.29, 1.82) is 0 Å². The maximum absolute atomic E-state index is 5.96. The number of hydrogen-bond donors (Lipinski definition) is 0. The molecule has 0 aromatic heterocycles. The molecule has 0 aliphatic carbocycles. The molecule has 0 bridgehead atoms. The minimum Gasteiger partial charge on any atom is -0.304 e. The van der Waals surface area contributed by atoms with Gasteiger partial charge in [0.1, 0.15) is 0 Å². The summed E-state index contributed by atoms with van der Waals surface area (Å²) in [7, 11) is 0. The van der Waals surface area contributed by atoms with Gasteiger partial charge in [-0.3, -0.25) is 0 Å². The molecule has 0 atom stereocenters. The zero-order valence-corrected chi connectivity index (χ0v) is 17.0. The van der Waals surface area contributed by atoms with Crippen LogP contribution in [0.5, 0.6) is 0 Å². The third kappa shape index (κ3) is 2.73. The fourth-order valence-electron chi connectivity index (χ4n) is 1.05. The fourth-order valence-corrected chi connectivity index (χ4v) is 4.83. The van der Waals surface area contributed by atoms with E-state index in [2.05, 4.69) is 0 Å². The van der Waals surface area contributed by atoms with Gasteiger partial charge in [0.25, 0.3) is 9.04 Å². The minimum absolute atomic E-state index is 2.52. The van der Waals surface area contributed by atoms with Gasteiger partial charge in [-0.1, -0.05) is 139 Å². The van der Waals surface area contributed by atoms with E-state index in [9.17, 15) is 0 Å². The molecular formula is C6Cl12O. The van der Waals surface area contributed by atoms with E-state index in [0.717, 1.165) is 0 Å². The molecule has 0 aromatic rings. The molecule has 0 N–H and O–H groups in total. The summed E-state index contributed by atoms with van der Waals surface area (Å²) in [6, 6.07) is 0. The topological polar surface area (TPSA) is 9.23 Å². The van der Waals surface area contributed by atoms with Gasteiger partial charge in [0.2, 0.25) is 8.67 Å². The molecule has 19 heavy (non-hydrogen) atoms. The van der Waals surface area contributed by atoms with Crippen molar-refractivity contribution >= 4 is 139 Å². The van der Waals surface area contributed by atoms with E-state index >= 15 is 0 Å². The van der Waals surface area contributed by atoms with E-state index in [4.69, 9.17) is 144 Å². The summed E-state index contributed by atoms with van der Waals surface area (Å²) in [5, 5.41) is 0. The number of alkyl halides is 12. The van der Waals surface area contributed by atoms with Gasteiger partial charge in [-0.05, 0) is 0 Å². The Morgan fingerprint density at radius 1 is 0.368 bits per heavy atom. The van der Waals surface area contributed by atoms with Crippen molar-refractivity contribution < 1.29 is 4.74 Å². The highest BCUT2D eigenvalue weighted by atomic mass is 35.6. The Kier molecular flexibility index (Phi) is 5.91. The second kappa shape index (κ2) is 5.48. The summed E-state index contributed by atoms with van der Waals surface area (Å²) in [5.74, 6) is 0.